The standard InChI is InChI=1S/C24H19F6N3O3S/c25-17-4-6-19(7-5-17)37(35,36)24(30,33-22(34)20-2-1-9-31-20)16-10-15(11-18(26)12-16)14-3-8-21(32-13-14)23(27,28)29/h3-8,10-13,20,31H,1-2,9H2,(H,33,34). The van der Waals surface area contributed by atoms with Crippen molar-refractivity contribution in [2.24, 2.45) is 0 Å². The van der Waals surface area contributed by atoms with Gasteiger partial charge in [-0.1, -0.05) is 6.07 Å². The molecule has 13 heteroatoms. The first-order valence-corrected chi connectivity index (χ1v) is 12.4. The molecule has 196 valence electrons. The first-order chi connectivity index (χ1) is 17.3. The second kappa shape index (κ2) is 9.78. The van der Waals surface area contributed by atoms with Gasteiger partial charge < -0.3 is 10.6 Å². The summed E-state index contributed by atoms with van der Waals surface area (Å²) in [6, 6.07) is 6.09. The van der Waals surface area contributed by atoms with Crippen molar-refractivity contribution in [2.45, 2.75) is 35.1 Å². The Labute approximate surface area is 207 Å². The van der Waals surface area contributed by atoms with Crippen LogP contribution in [0.15, 0.2) is 65.7 Å². The summed E-state index contributed by atoms with van der Waals surface area (Å²) in [5.74, 6) is -2.94. The van der Waals surface area contributed by atoms with Crippen molar-refractivity contribution in [1.29, 1.82) is 0 Å². The third kappa shape index (κ3) is 5.32. The molecule has 37 heavy (non-hydrogen) atoms. The molecule has 2 unspecified atom stereocenters. The molecule has 3 aromatic rings. The van der Waals surface area contributed by atoms with E-state index in [1.165, 1.54) is 0 Å². The monoisotopic (exact) mass is 543 g/mol. The van der Waals surface area contributed by atoms with Crippen molar-refractivity contribution in [2.75, 3.05) is 6.54 Å². The minimum absolute atomic E-state index is 0.0703. The Morgan fingerprint density at radius 3 is 2.22 bits per heavy atom. The summed E-state index contributed by atoms with van der Waals surface area (Å²) in [5, 5.41) is 0.937. The minimum atomic E-state index is -5.16. The zero-order chi connectivity index (χ0) is 27.0. The maximum absolute atomic E-state index is 16.7. The fourth-order valence-corrected chi connectivity index (χ4v) is 5.38. The lowest BCUT2D eigenvalue weighted by Gasteiger charge is -2.29. The lowest BCUT2D eigenvalue weighted by atomic mass is 10.0. The van der Waals surface area contributed by atoms with Crippen LogP contribution in [-0.2, 0) is 25.9 Å². The largest absolute Gasteiger partial charge is 0.433 e. The number of aromatic nitrogens is 1. The molecule has 0 radical (unpaired) electrons. The molecule has 1 aromatic heterocycles. The highest BCUT2D eigenvalue weighted by Crippen LogP contribution is 2.38. The molecule has 0 saturated carbocycles. The Morgan fingerprint density at radius 2 is 1.65 bits per heavy atom. The predicted molar refractivity (Wildman–Crippen MR) is 120 cm³/mol. The van der Waals surface area contributed by atoms with Crippen molar-refractivity contribution >= 4 is 15.7 Å². The molecule has 1 aliphatic rings. The first kappa shape index (κ1) is 26.6. The quantitative estimate of drug-likeness (QED) is 0.272. The van der Waals surface area contributed by atoms with Gasteiger partial charge in [0.15, 0.2) is 0 Å². The van der Waals surface area contributed by atoms with Gasteiger partial charge in [0.25, 0.3) is 0 Å². The Balaban J connectivity index is 1.84. The molecule has 0 bridgehead atoms. The fourth-order valence-electron chi connectivity index (χ4n) is 3.90. The van der Waals surface area contributed by atoms with Crippen LogP contribution < -0.4 is 10.6 Å². The summed E-state index contributed by atoms with van der Waals surface area (Å²) < 4.78 is 110. The number of nitrogens with one attached hydrogen (secondary N) is 2. The smallest absolute Gasteiger partial charge is 0.306 e. The number of amides is 1. The van der Waals surface area contributed by atoms with Gasteiger partial charge in [0.1, 0.15) is 17.3 Å². The first-order valence-electron chi connectivity index (χ1n) is 10.9. The summed E-state index contributed by atoms with van der Waals surface area (Å²) in [5.41, 5.74) is -2.33. The maximum Gasteiger partial charge on any atom is 0.433 e. The molecule has 1 saturated heterocycles. The average Bonchev–Trinajstić information content (AvgIpc) is 3.39. The van der Waals surface area contributed by atoms with E-state index in [1.54, 1.807) is 0 Å². The number of nitrogens with zero attached hydrogens (tertiary/aromatic N) is 1. The van der Waals surface area contributed by atoms with Crippen LogP contribution in [0.5, 0.6) is 0 Å². The van der Waals surface area contributed by atoms with E-state index in [-0.39, 0.29) is 11.1 Å². The molecular weight excluding hydrogens is 524 g/mol. The SMILES string of the molecule is O=C(NC(F)(c1cc(F)cc(-c2ccc(C(F)(F)F)nc2)c1)S(=O)(=O)c1ccc(F)cc1)C1CCCN1. The van der Waals surface area contributed by atoms with E-state index in [4.69, 9.17) is 0 Å². The van der Waals surface area contributed by atoms with Crippen LogP contribution in [0.4, 0.5) is 26.3 Å². The molecule has 2 N–H and O–H groups in total. The van der Waals surface area contributed by atoms with E-state index < -0.39 is 60.9 Å². The van der Waals surface area contributed by atoms with Crippen molar-refractivity contribution < 1.29 is 39.6 Å². The van der Waals surface area contributed by atoms with Crippen molar-refractivity contribution in [3.05, 3.63) is 83.7 Å². The minimum Gasteiger partial charge on any atom is -0.306 e. The molecule has 2 aromatic carbocycles. The molecular formula is C24H19F6N3O3S. The zero-order valence-electron chi connectivity index (χ0n) is 18.8. The third-order valence-electron chi connectivity index (χ3n) is 5.81. The van der Waals surface area contributed by atoms with Gasteiger partial charge in [0, 0.05) is 17.3 Å². The van der Waals surface area contributed by atoms with Gasteiger partial charge in [-0.25, -0.2) is 17.2 Å². The van der Waals surface area contributed by atoms with Crippen LogP contribution >= 0.6 is 0 Å². The summed E-state index contributed by atoms with van der Waals surface area (Å²) in [6.07, 6.45) is -3.09. The van der Waals surface area contributed by atoms with Crippen LogP contribution in [0.3, 0.4) is 0 Å². The van der Waals surface area contributed by atoms with Crippen LogP contribution in [0.2, 0.25) is 0 Å². The van der Waals surface area contributed by atoms with Gasteiger partial charge in [0.2, 0.25) is 15.7 Å². The van der Waals surface area contributed by atoms with Gasteiger partial charge >= 0.3 is 11.3 Å². The third-order valence-corrected chi connectivity index (χ3v) is 7.78. The number of sulfone groups is 1. The lowest BCUT2D eigenvalue weighted by Crippen LogP contribution is -2.53. The van der Waals surface area contributed by atoms with E-state index in [0.717, 1.165) is 48.7 Å². The number of pyridine rings is 1. The molecule has 0 spiro atoms. The van der Waals surface area contributed by atoms with Crippen molar-refractivity contribution in [3.63, 3.8) is 0 Å². The van der Waals surface area contributed by atoms with Crippen molar-refractivity contribution in [1.82, 2.24) is 15.6 Å². The van der Waals surface area contributed by atoms with Crippen LogP contribution in [0, 0.1) is 11.6 Å². The average molecular weight is 543 g/mol. The van der Waals surface area contributed by atoms with Crippen LogP contribution in [0.25, 0.3) is 11.1 Å². The summed E-state index contributed by atoms with van der Waals surface area (Å²) >= 11 is 0. The maximum atomic E-state index is 16.7. The number of hydrogen-bond acceptors (Lipinski definition) is 5. The molecule has 6 nitrogen and oxygen atoms in total. The molecule has 2 atom stereocenters. The Hall–Kier alpha value is -3.45. The molecule has 2 heterocycles. The Morgan fingerprint density at radius 1 is 0.946 bits per heavy atom. The van der Waals surface area contributed by atoms with Gasteiger partial charge in [-0.2, -0.15) is 17.6 Å². The van der Waals surface area contributed by atoms with Gasteiger partial charge in [-0.05, 0) is 73.5 Å². The van der Waals surface area contributed by atoms with E-state index in [1.807, 2.05) is 5.32 Å². The van der Waals surface area contributed by atoms with E-state index >= 15 is 4.39 Å². The van der Waals surface area contributed by atoms with E-state index in [9.17, 15) is 35.2 Å². The normalized spacial score (nSPS) is 17.8. The predicted octanol–water partition coefficient (Wildman–Crippen LogP) is 4.47. The van der Waals surface area contributed by atoms with Crippen molar-refractivity contribution in [3.8, 4) is 11.1 Å². The highest BCUT2D eigenvalue weighted by molar-refractivity contribution is 7.92. The van der Waals surface area contributed by atoms with E-state index in [0.29, 0.717) is 31.5 Å². The molecule has 1 fully saturated rings. The number of alkyl halides is 4. The van der Waals surface area contributed by atoms with Crippen LogP contribution in [-0.4, -0.2) is 31.9 Å². The zero-order valence-corrected chi connectivity index (χ0v) is 19.6. The second-order valence-corrected chi connectivity index (χ2v) is 10.4. The highest BCUT2D eigenvalue weighted by Gasteiger charge is 2.50. The second-order valence-electron chi connectivity index (χ2n) is 8.35. The highest BCUT2D eigenvalue weighted by atomic mass is 32.2. The van der Waals surface area contributed by atoms with Crippen LogP contribution in [0.1, 0.15) is 24.1 Å². The molecule has 0 aliphatic carbocycles. The Bertz CT molecular complexity index is 1410. The fraction of sp³-hybridized carbons (Fsp3) is 0.250. The summed E-state index contributed by atoms with van der Waals surface area (Å²) in [6.45, 7) is 0.438. The lowest BCUT2D eigenvalue weighted by molar-refractivity contribution is -0.141. The molecule has 4 rings (SSSR count). The topological polar surface area (TPSA) is 88.2 Å². The number of rotatable bonds is 6. The Kier molecular flexibility index (Phi) is 7.04. The molecule has 1 amide bonds. The molecule has 1 aliphatic heterocycles. The number of carbonyl (C=O) groups excluding carboxylic acids is 1. The van der Waals surface area contributed by atoms with Gasteiger partial charge in [0.05, 0.1) is 10.9 Å². The van der Waals surface area contributed by atoms with Gasteiger partial charge in [-0.15, -0.1) is 0 Å². The summed E-state index contributed by atoms with van der Waals surface area (Å²) in [7, 11) is -5.16. The number of carbonyl (C=O) groups is 1. The summed E-state index contributed by atoms with van der Waals surface area (Å²) in [4.78, 5) is 15.4. The number of halogens is 6. The number of benzene rings is 2. The van der Waals surface area contributed by atoms with Gasteiger partial charge in [-0.3, -0.25) is 9.78 Å². The number of hydrogen-bond donors (Lipinski definition) is 2. The van der Waals surface area contributed by atoms with E-state index in [2.05, 4.69) is 10.3 Å².